The van der Waals surface area contributed by atoms with Crippen LogP contribution in [0, 0.1) is 5.41 Å². The van der Waals surface area contributed by atoms with Gasteiger partial charge in [-0.3, -0.25) is 14.4 Å². The third-order valence-electron chi connectivity index (χ3n) is 8.84. The van der Waals surface area contributed by atoms with Crippen molar-refractivity contribution in [3.63, 3.8) is 0 Å². The maximum absolute atomic E-state index is 14.0. The molecule has 0 saturated carbocycles. The fourth-order valence-electron chi connectivity index (χ4n) is 6.09. The SMILES string of the molecule is CN(C(=O)[C@@H]1CCCN1C(=O)[C@@H](NC(=O)C=Cc1ccc2c(c1)CC(C(=O)O)(C(=O)O)O2)C(C)(C)C)c1ccc(-c2ccccc2)cc1. The maximum atomic E-state index is 14.0. The molecule has 3 amide bonds. The molecule has 2 atom stereocenters. The second kappa shape index (κ2) is 13.3. The van der Waals surface area contributed by atoms with Crippen molar-refractivity contribution < 1.29 is 38.9 Å². The summed E-state index contributed by atoms with van der Waals surface area (Å²) in [5.41, 5.74) is 0.616. The third kappa shape index (κ3) is 6.80. The lowest BCUT2D eigenvalue weighted by atomic mass is 9.85. The number of likely N-dealkylation sites (N-methyl/N-ethyl adjacent to an activating group) is 1. The Balaban J connectivity index is 1.26. The van der Waals surface area contributed by atoms with Crippen LogP contribution in [0.2, 0.25) is 0 Å². The molecule has 48 heavy (non-hydrogen) atoms. The molecule has 2 aliphatic rings. The predicted octanol–water partition coefficient (Wildman–Crippen LogP) is 4.39. The average Bonchev–Trinajstić information content (AvgIpc) is 3.71. The molecular formula is C37H39N3O8. The summed E-state index contributed by atoms with van der Waals surface area (Å²) in [5, 5.41) is 21.8. The summed E-state index contributed by atoms with van der Waals surface area (Å²) in [7, 11) is 1.70. The van der Waals surface area contributed by atoms with Crippen molar-refractivity contribution in [2.75, 3.05) is 18.5 Å². The van der Waals surface area contributed by atoms with Crippen molar-refractivity contribution in [3.8, 4) is 16.9 Å². The number of nitrogens with zero attached hydrogens (tertiary/aromatic N) is 2. The minimum atomic E-state index is -2.40. The van der Waals surface area contributed by atoms with Gasteiger partial charge in [0.2, 0.25) is 17.7 Å². The van der Waals surface area contributed by atoms with Crippen LogP contribution in [0.5, 0.6) is 5.75 Å². The molecular weight excluding hydrogens is 614 g/mol. The van der Waals surface area contributed by atoms with E-state index < -0.39 is 40.9 Å². The lowest BCUT2D eigenvalue weighted by Gasteiger charge is -2.36. The second-order valence-electron chi connectivity index (χ2n) is 13.2. The van der Waals surface area contributed by atoms with Crippen molar-refractivity contribution in [1.82, 2.24) is 10.2 Å². The van der Waals surface area contributed by atoms with Crippen LogP contribution in [-0.2, 0) is 30.4 Å². The molecule has 0 unspecified atom stereocenters. The summed E-state index contributed by atoms with van der Waals surface area (Å²) in [5.74, 6) is -4.16. The number of carbonyl (C=O) groups excluding carboxylic acids is 3. The highest BCUT2D eigenvalue weighted by Gasteiger charge is 2.54. The van der Waals surface area contributed by atoms with Gasteiger partial charge < -0.3 is 30.1 Å². The first-order valence-electron chi connectivity index (χ1n) is 15.7. The zero-order valence-electron chi connectivity index (χ0n) is 27.3. The van der Waals surface area contributed by atoms with E-state index in [4.69, 9.17) is 4.74 Å². The van der Waals surface area contributed by atoms with Gasteiger partial charge >= 0.3 is 17.5 Å². The lowest BCUT2D eigenvalue weighted by Crippen LogP contribution is -2.57. The maximum Gasteiger partial charge on any atom is 0.360 e. The molecule has 0 bridgehead atoms. The van der Waals surface area contributed by atoms with Gasteiger partial charge in [-0.2, -0.15) is 0 Å². The first kappa shape index (κ1) is 33.9. The van der Waals surface area contributed by atoms with Crippen LogP contribution in [-0.4, -0.2) is 76.1 Å². The highest BCUT2D eigenvalue weighted by Crippen LogP contribution is 2.37. The summed E-state index contributed by atoms with van der Waals surface area (Å²) in [6.07, 6.45) is 3.53. The monoisotopic (exact) mass is 653 g/mol. The van der Waals surface area contributed by atoms with Crippen LogP contribution in [0.25, 0.3) is 17.2 Å². The van der Waals surface area contributed by atoms with Gasteiger partial charge in [0.05, 0.1) is 0 Å². The Labute approximate surface area is 278 Å². The molecule has 1 saturated heterocycles. The fourth-order valence-corrected chi connectivity index (χ4v) is 6.09. The molecule has 2 heterocycles. The fraction of sp³-hybridized carbons (Fsp3) is 0.324. The highest BCUT2D eigenvalue weighted by atomic mass is 16.6. The normalized spacial score (nSPS) is 17.3. The Hall–Kier alpha value is -5.45. The number of hydrogen-bond donors (Lipinski definition) is 3. The molecule has 0 radical (unpaired) electrons. The molecule has 250 valence electrons. The number of hydrogen-bond acceptors (Lipinski definition) is 6. The molecule has 0 aliphatic carbocycles. The zero-order chi connectivity index (χ0) is 34.8. The second-order valence-corrected chi connectivity index (χ2v) is 13.2. The Kier molecular flexibility index (Phi) is 9.43. The number of rotatable bonds is 9. The summed E-state index contributed by atoms with van der Waals surface area (Å²) in [4.78, 5) is 67.3. The van der Waals surface area contributed by atoms with E-state index in [0.29, 0.717) is 36.2 Å². The van der Waals surface area contributed by atoms with E-state index >= 15 is 0 Å². The quantitative estimate of drug-likeness (QED) is 0.227. The number of anilines is 1. The minimum Gasteiger partial charge on any atom is -0.478 e. The standard InChI is InChI=1S/C37H39N3O8/c1-36(2,3)31(38-30(41)19-13-23-12-18-29-26(21-23)22-37(48-29,34(44)45)35(46)47)33(43)40-20-8-11-28(40)32(42)39(4)27-16-14-25(15-17-27)24-9-6-5-7-10-24/h5-7,9-10,12-19,21,28,31H,8,11,20,22H2,1-4H3,(H,38,41)(H,44,45)(H,46,47)/t28-,31+/m0/s1. The predicted molar refractivity (Wildman–Crippen MR) is 179 cm³/mol. The van der Waals surface area contributed by atoms with E-state index in [0.717, 1.165) is 11.1 Å². The highest BCUT2D eigenvalue weighted by molar-refractivity contribution is 6.04. The van der Waals surface area contributed by atoms with E-state index in [-0.39, 0.29) is 24.0 Å². The summed E-state index contributed by atoms with van der Waals surface area (Å²) in [6, 6.07) is 20.6. The molecule has 0 aromatic heterocycles. The van der Waals surface area contributed by atoms with Crippen LogP contribution in [0.1, 0.15) is 44.7 Å². The third-order valence-corrected chi connectivity index (χ3v) is 8.84. The zero-order valence-corrected chi connectivity index (χ0v) is 27.3. The van der Waals surface area contributed by atoms with Crippen molar-refractivity contribution >= 4 is 41.4 Å². The Morgan fingerprint density at radius 1 is 0.958 bits per heavy atom. The number of carbonyl (C=O) groups is 5. The molecule has 3 aromatic carbocycles. The van der Waals surface area contributed by atoms with Crippen LogP contribution >= 0.6 is 0 Å². The van der Waals surface area contributed by atoms with Gasteiger partial charge in [-0.1, -0.05) is 69.3 Å². The molecule has 0 spiro atoms. The molecule has 3 aromatic rings. The van der Waals surface area contributed by atoms with Crippen LogP contribution < -0.4 is 15.0 Å². The number of likely N-dealkylation sites (tertiary alicyclic amines) is 1. The number of nitrogens with one attached hydrogen (secondary N) is 1. The molecule has 11 nitrogen and oxygen atoms in total. The van der Waals surface area contributed by atoms with Gasteiger partial charge in [0, 0.05) is 37.3 Å². The Bertz CT molecular complexity index is 1750. The van der Waals surface area contributed by atoms with Crippen LogP contribution in [0.15, 0.2) is 78.9 Å². The number of carboxylic acids is 2. The number of carboxylic acid groups (broad SMARTS) is 2. The van der Waals surface area contributed by atoms with Crippen molar-refractivity contribution in [2.24, 2.45) is 5.41 Å². The first-order chi connectivity index (χ1) is 22.7. The van der Waals surface area contributed by atoms with Crippen molar-refractivity contribution in [3.05, 3.63) is 90.0 Å². The summed E-state index contributed by atoms with van der Waals surface area (Å²) in [6.45, 7) is 5.90. The van der Waals surface area contributed by atoms with E-state index in [1.54, 1.807) is 29.0 Å². The van der Waals surface area contributed by atoms with E-state index in [2.05, 4.69) is 5.32 Å². The smallest absolute Gasteiger partial charge is 0.360 e. The summed E-state index contributed by atoms with van der Waals surface area (Å²) >= 11 is 0. The number of fused-ring (bicyclic) bond motifs is 1. The van der Waals surface area contributed by atoms with E-state index in [1.807, 2.05) is 75.4 Å². The van der Waals surface area contributed by atoms with Crippen molar-refractivity contribution in [1.29, 1.82) is 0 Å². The Morgan fingerprint density at radius 3 is 2.23 bits per heavy atom. The number of aliphatic carboxylic acids is 2. The lowest BCUT2D eigenvalue weighted by molar-refractivity contribution is -0.170. The molecule has 11 heteroatoms. The van der Waals surface area contributed by atoms with Gasteiger partial charge in [0.1, 0.15) is 17.8 Å². The van der Waals surface area contributed by atoms with E-state index in [9.17, 15) is 34.2 Å². The van der Waals surface area contributed by atoms with Gasteiger partial charge in [-0.25, -0.2) is 9.59 Å². The minimum absolute atomic E-state index is 0.143. The molecule has 5 rings (SSSR count). The van der Waals surface area contributed by atoms with Gasteiger partial charge in [0.25, 0.3) is 0 Å². The average molecular weight is 654 g/mol. The van der Waals surface area contributed by atoms with Gasteiger partial charge in [-0.15, -0.1) is 0 Å². The van der Waals surface area contributed by atoms with Crippen LogP contribution in [0.4, 0.5) is 5.69 Å². The summed E-state index contributed by atoms with van der Waals surface area (Å²) < 4.78 is 5.28. The molecule has 3 N–H and O–H groups in total. The number of benzene rings is 3. The number of amides is 3. The Morgan fingerprint density at radius 2 is 1.60 bits per heavy atom. The van der Waals surface area contributed by atoms with Gasteiger partial charge in [0.15, 0.2) is 0 Å². The van der Waals surface area contributed by atoms with Crippen molar-refractivity contribution in [2.45, 2.75) is 57.7 Å². The molecule has 2 aliphatic heterocycles. The number of ether oxygens (including phenoxy) is 1. The van der Waals surface area contributed by atoms with Gasteiger partial charge in [-0.05, 0) is 65.3 Å². The topological polar surface area (TPSA) is 154 Å². The van der Waals surface area contributed by atoms with E-state index in [1.165, 1.54) is 18.2 Å². The largest absolute Gasteiger partial charge is 0.478 e. The first-order valence-corrected chi connectivity index (χ1v) is 15.7. The molecule has 1 fully saturated rings. The van der Waals surface area contributed by atoms with Crippen LogP contribution in [0.3, 0.4) is 0 Å².